The summed E-state index contributed by atoms with van der Waals surface area (Å²) in [5, 5.41) is 0. The molecule has 0 spiro atoms. The van der Waals surface area contributed by atoms with Crippen molar-refractivity contribution in [3.8, 4) is 0 Å². The smallest absolute Gasteiger partial charge is 0.246 e. The van der Waals surface area contributed by atoms with E-state index in [1.54, 1.807) is 43.5 Å². The molecule has 14 heavy (non-hydrogen) atoms. The van der Waals surface area contributed by atoms with E-state index in [1.807, 2.05) is 0 Å². The molecule has 0 saturated heterocycles. The van der Waals surface area contributed by atoms with Gasteiger partial charge in [-0.15, -0.1) is 0 Å². The molecule has 0 bridgehead atoms. The largest absolute Gasteiger partial charge is 0.458 e. The van der Waals surface area contributed by atoms with Crippen molar-refractivity contribution in [3.63, 3.8) is 0 Å². The predicted octanol–water partition coefficient (Wildman–Crippen LogP) is 2.21. The van der Waals surface area contributed by atoms with Crippen molar-refractivity contribution in [3.05, 3.63) is 53.7 Å². The van der Waals surface area contributed by atoms with Crippen molar-refractivity contribution < 1.29 is 9.21 Å². The third-order valence-corrected chi connectivity index (χ3v) is 1.86. The van der Waals surface area contributed by atoms with Crippen molar-refractivity contribution >= 4 is 5.78 Å². The maximum absolute atomic E-state index is 11.7. The lowest BCUT2D eigenvalue weighted by atomic mass is 10.2. The van der Waals surface area contributed by atoms with E-state index in [2.05, 4.69) is 4.98 Å². The van der Waals surface area contributed by atoms with Crippen molar-refractivity contribution in [1.82, 2.24) is 4.98 Å². The third-order valence-electron chi connectivity index (χ3n) is 1.86. The summed E-state index contributed by atoms with van der Waals surface area (Å²) in [4.78, 5) is 15.7. The second kappa shape index (κ2) is 3.46. The Morgan fingerprint density at radius 1 is 1.29 bits per heavy atom. The van der Waals surface area contributed by atoms with Gasteiger partial charge in [-0.05, 0) is 31.2 Å². The molecule has 0 saturated carbocycles. The first kappa shape index (κ1) is 8.69. The summed E-state index contributed by atoms with van der Waals surface area (Å²) in [7, 11) is 0. The van der Waals surface area contributed by atoms with Crippen LogP contribution in [0.2, 0.25) is 0 Å². The first-order valence-corrected chi connectivity index (χ1v) is 4.29. The Bertz CT molecular complexity index is 445. The zero-order chi connectivity index (χ0) is 9.97. The number of nitrogens with zero attached hydrogens (tertiary/aromatic N) is 1. The van der Waals surface area contributed by atoms with Gasteiger partial charge in [-0.25, -0.2) is 0 Å². The van der Waals surface area contributed by atoms with Gasteiger partial charge in [-0.3, -0.25) is 9.78 Å². The SMILES string of the molecule is Cc1ccc(C(=O)c2ccccn2)o1. The van der Waals surface area contributed by atoms with E-state index in [1.165, 1.54) is 0 Å². The van der Waals surface area contributed by atoms with Crippen molar-refractivity contribution in [2.75, 3.05) is 0 Å². The summed E-state index contributed by atoms with van der Waals surface area (Å²) in [6.07, 6.45) is 1.59. The molecule has 2 rings (SSSR count). The molecule has 3 heteroatoms. The molecule has 2 heterocycles. The molecule has 3 nitrogen and oxygen atoms in total. The van der Waals surface area contributed by atoms with Gasteiger partial charge in [-0.2, -0.15) is 0 Å². The van der Waals surface area contributed by atoms with Gasteiger partial charge in [0, 0.05) is 6.20 Å². The number of furan rings is 1. The quantitative estimate of drug-likeness (QED) is 0.677. The molecule has 0 atom stereocenters. The highest BCUT2D eigenvalue weighted by Gasteiger charge is 2.12. The Labute approximate surface area is 81.4 Å². The van der Waals surface area contributed by atoms with E-state index in [0.717, 1.165) is 5.76 Å². The molecule has 0 aliphatic rings. The van der Waals surface area contributed by atoms with Crippen LogP contribution in [0.3, 0.4) is 0 Å². The Kier molecular flexibility index (Phi) is 2.14. The second-order valence-electron chi connectivity index (χ2n) is 2.95. The average molecular weight is 187 g/mol. The molecule has 0 amide bonds. The highest BCUT2D eigenvalue weighted by atomic mass is 16.3. The molecule has 0 fully saturated rings. The first-order valence-electron chi connectivity index (χ1n) is 4.29. The fraction of sp³-hybridized carbons (Fsp3) is 0.0909. The van der Waals surface area contributed by atoms with Gasteiger partial charge in [0.1, 0.15) is 11.5 Å². The van der Waals surface area contributed by atoms with Crippen LogP contribution in [0.5, 0.6) is 0 Å². The number of carbonyl (C=O) groups excluding carboxylic acids is 1. The number of aryl methyl sites for hydroxylation is 1. The topological polar surface area (TPSA) is 43.1 Å². The molecule has 0 radical (unpaired) electrons. The van der Waals surface area contributed by atoms with Crippen LogP contribution < -0.4 is 0 Å². The van der Waals surface area contributed by atoms with E-state index in [0.29, 0.717) is 11.5 Å². The minimum absolute atomic E-state index is 0.182. The number of hydrogen-bond donors (Lipinski definition) is 0. The summed E-state index contributed by atoms with van der Waals surface area (Å²) in [6, 6.07) is 8.63. The highest BCUT2D eigenvalue weighted by molar-refractivity contribution is 6.05. The molecule has 2 aromatic heterocycles. The number of ketones is 1. The van der Waals surface area contributed by atoms with E-state index in [-0.39, 0.29) is 5.78 Å². The standard InChI is InChI=1S/C11H9NO2/c1-8-5-6-10(14-8)11(13)9-4-2-3-7-12-9/h2-7H,1H3. The second-order valence-corrected chi connectivity index (χ2v) is 2.95. The number of rotatable bonds is 2. The molecule has 0 aromatic carbocycles. The molecule has 70 valence electrons. The molecule has 0 N–H and O–H groups in total. The van der Waals surface area contributed by atoms with E-state index < -0.39 is 0 Å². The van der Waals surface area contributed by atoms with E-state index >= 15 is 0 Å². The van der Waals surface area contributed by atoms with Crippen LogP contribution in [0.1, 0.15) is 22.0 Å². The van der Waals surface area contributed by atoms with Gasteiger partial charge in [-0.1, -0.05) is 6.07 Å². The number of pyridine rings is 1. The van der Waals surface area contributed by atoms with Crippen LogP contribution in [0.25, 0.3) is 0 Å². The minimum atomic E-state index is -0.182. The zero-order valence-electron chi connectivity index (χ0n) is 7.73. The lowest BCUT2D eigenvalue weighted by molar-refractivity contribution is 0.100. The molecule has 0 aliphatic heterocycles. The number of carbonyl (C=O) groups is 1. The average Bonchev–Trinajstić information content (AvgIpc) is 2.65. The van der Waals surface area contributed by atoms with Gasteiger partial charge < -0.3 is 4.42 Å². The Hall–Kier alpha value is -1.90. The van der Waals surface area contributed by atoms with Gasteiger partial charge in [0.15, 0.2) is 5.76 Å². The highest BCUT2D eigenvalue weighted by Crippen LogP contribution is 2.10. The van der Waals surface area contributed by atoms with Crippen LogP contribution in [-0.2, 0) is 0 Å². The zero-order valence-corrected chi connectivity index (χ0v) is 7.73. The Morgan fingerprint density at radius 3 is 2.71 bits per heavy atom. The number of hydrogen-bond acceptors (Lipinski definition) is 3. The van der Waals surface area contributed by atoms with Crippen LogP contribution in [-0.4, -0.2) is 10.8 Å². The predicted molar refractivity (Wildman–Crippen MR) is 51.1 cm³/mol. The summed E-state index contributed by atoms with van der Waals surface area (Å²) in [5.74, 6) is 0.879. The van der Waals surface area contributed by atoms with Gasteiger partial charge in [0.2, 0.25) is 5.78 Å². The summed E-state index contributed by atoms with van der Waals surface area (Å²) >= 11 is 0. The van der Waals surface area contributed by atoms with Gasteiger partial charge in [0.25, 0.3) is 0 Å². The van der Waals surface area contributed by atoms with Crippen molar-refractivity contribution in [2.45, 2.75) is 6.92 Å². The Balaban J connectivity index is 2.34. The summed E-state index contributed by atoms with van der Waals surface area (Å²) in [5.41, 5.74) is 0.404. The van der Waals surface area contributed by atoms with Crippen LogP contribution in [0.15, 0.2) is 40.9 Å². The first-order chi connectivity index (χ1) is 6.77. The maximum atomic E-state index is 11.7. The maximum Gasteiger partial charge on any atom is 0.246 e. The Morgan fingerprint density at radius 2 is 2.14 bits per heavy atom. The molecular weight excluding hydrogens is 178 g/mol. The monoisotopic (exact) mass is 187 g/mol. The van der Waals surface area contributed by atoms with Gasteiger partial charge >= 0.3 is 0 Å². The van der Waals surface area contributed by atoms with Gasteiger partial charge in [0.05, 0.1) is 0 Å². The van der Waals surface area contributed by atoms with Crippen molar-refractivity contribution in [1.29, 1.82) is 0 Å². The molecular formula is C11H9NO2. The summed E-state index contributed by atoms with van der Waals surface area (Å²) < 4.78 is 5.21. The van der Waals surface area contributed by atoms with Crippen molar-refractivity contribution in [2.24, 2.45) is 0 Å². The lowest BCUT2D eigenvalue weighted by Crippen LogP contribution is -2.01. The lowest BCUT2D eigenvalue weighted by Gasteiger charge is -1.94. The molecule has 0 aliphatic carbocycles. The van der Waals surface area contributed by atoms with E-state index in [4.69, 9.17) is 4.42 Å². The fourth-order valence-corrected chi connectivity index (χ4v) is 1.18. The van der Waals surface area contributed by atoms with Crippen LogP contribution in [0.4, 0.5) is 0 Å². The van der Waals surface area contributed by atoms with Crippen LogP contribution in [0, 0.1) is 6.92 Å². The molecule has 2 aromatic rings. The van der Waals surface area contributed by atoms with E-state index in [9.17, 15) is 4.79 Å². The molecule has 0 unspecified atom stereocenters. The minimum Gasteiger partial charge on any atom is -0.458 e. The normalized spacial score (nSPS) is 10.1. The third kappa shape index (κ3) is 1.57. The fourth-order valence-electron chi connectivity index (χ4n) is 1.18. The summed E-state index contributed by atoms with van der Waals surface area (Å²) in [6.45, 7) is 1.80. The number of aromatic nitrogens is 1. The van der Waals surface area contributed by atoms with Crippen LogP contribution >= 0.6 is 0 Å².